The Morgan fingerprint density at radius 1 is 0.457 bits per heavy atom. The van der Waals surface area contributed by atoms with Crippen LogP contribution in [0.2, 0.25) is 0 Å². The third-order valence-electron chi connectivity index (χ3n) is 5.28. The first-order chi connectivity index (χ1) is 21.4. The third-order valence-corrected chi connectivity index (χ3v) is 5.28. The lowest BCUT2D eigenvalue weighted by molar-refractivity contribution is -0.132. The normalized spacial score (nSPS) is 9.96. The maximum Gasteiger partial charge on any atom is 0.327 e. The minimum Gasteiger partial charge on any atom is -0.478 e. The minimum absolute atomic E-state index is 0.141. The molecule has 0 aromatic rings. The summed E-state index contributed by atoms with van der Waals surface area (Å²) in [7, 11) is 0. The van der Waals surface area contributed by atoms with Gasteiger partial charge in [-0.3, -0.25) is 0 Å². The molecule has 0 saturated carbocycles. The summed E-state index contributed by atoms with van der Waals surface area (Å²) in [4.78, 5) is 37.0. The fourth-order valence-electron chi connectivity index (χ4n) is 1.54. The lowest BCUT2D eigenvalue weighted by atomic mass is 9.88. The van der Waals surface area contributed by atoms with Crippen molar-refractivity contribution in [2.24, 2.45) is 16.2 Å². The van der Waals surface area contributed by atoms with Crippen molar-refractivity contribution in [1.29, 1.82) is 0 Å². The first kappa shape index (κ1) is 54.9. The van der Waals surface area contributed by atoms with Crippen molar-refractivity contribution in [3.05, 3.63) is 50.6 Å². The Kier molecular flexibility index (Phi) is 42.9. The van der Waals surface area contributed by atoms with Gasteiger partial charge in [-0.1, -0.05) is 33.2 Å². The standard InChI is InChI=1S/C10H22O7.C6H14O3.4C3H4O2/c11-1-9(2-12,3-13)7-17-8-10(4-14,5-15)6-16;1-2-6(3-7,4-8)5-9;4*1-2-3(4)5/h11-16H,1-8H2;7-9H,2-5H2,1H3;4*2H,1H2,(H,4,5). The number of aliphatic hydroxyl groups is 9. The molecule has 0 rings (SSSR count). The molecule has 0 amide bonds. The average Bonchev–Trinajstić information content (AvgIpc) is 3.08. The van der Waals surface area contributed by atoms with Crippen LogP contribution in [0.4, 0.5) is 0 Å². The van der Waals surface area contributed by atoms with E-state index in [1.807, 2.05) is 6.92 Å². The molecule has 0 spiro atoms. The molecule has 18 nitrogen and oxygen atoms in total. The summed E-state index contributed by atoms with van der Waals surface area (Å²) in [6.07, 6.45) is 3.93. The first-order valence-corrected chi connectivity index (χ1v) is 12.9. The number of carboxylic acids is 4. The van der Waals surface area contributed by atoms with Crippen LogP contribution in [0.25, 0.3) is 0 Å². The summed E-state index contributed by atoms with van der Waals surface area (Å²) in [6.45, 7) is 10.2. The van der Waals surface area contributed by atoms with E-state index in [0.29, 0.717) is 6.42 Å². The summed E-state index contributed by atoms with van der Waals surface area (Å²) in [5, 5.41) is 111. The second-order valence-electron chi connectivity index (χ2n) is 8.94. The van der Waals surface area contributed by atoms with Crippen LogP contribution in [-0.4, -0.2) is 163 Å². The van der Waals surface area contributed by atoms with Crippen molar-refractivity contribution in [2.45, 2.75) is 13.3 Å². The zero-order valence-corrected chi connectivity index (χ0v) is 26.0. The van der Waals surface area contributed by atoms with E-state index in [0.717, 1.165) is 24.3 Å². The van der Waals surface area contributed by atoms with Gasteiger partial charge in [0.25, 0.3) is 0 Å². The van der Waals surface area contributed by atoms with Crippen molar-refractivity contribution < 1.29 is 90.3 Å². The van der Waals surface area contributed by atoms with E-state index >= 15 is 0 Å². The molecule has 13 N–H and O–H groups in total. The van der Waals surface area contributed by atoms with E-state index in [9.17, 15) is 19.2 Å². The summed E-state index contributed by atoms with van der Waals surface area (Å²) >= 11 is 0. The summed E-state index contributed by atoms with van der Waals surface area (Å²) in [6, 6.07) is 0. The Morgan fingerprint density at radius 3 is 0.674 bits per heavy atom. The maximum absolute atomic E-state index is 9.25. The molecular weight excluding hydrogens is 624 g/mol. The number of carbonyl (C=O) groups is 4. The predicted molar refractivity (Wildman–Crippen MR) is 164 cm³/mol. The molecule has 0 aromatic heterocycles. The van der Waals surface area contributed by atoms with E-state index in [2.05, 4.69) is 26.3 Å². The Hall–Kier alpha value is -3.56. The Balaban J connectivity index is -0.000000116. The molecule has 0 aliphatic heterocycles. The second-order valence-corrected chi connectivity index (χ2v) is 8.94. The van der Waals surface area contributed by atoms with Crippen LogP contribution in [0.3, 0.4) is 0 Å². The van der Waals surface area contributed by atoms with E-state index in [1.165, 1.54) is 0 Å². The van der Waals surface area contributed by atoms with Crippen molar-refractivity contribution in [2.75, 3.05) is 72.7 Å². The molecule has 0 heterocycles. The zero-order valence-electron chi connectivity index (χ0n) is 26.0. The largest absolute Gasteiger partial charge is 0.478 e. The molecule has 0 aromatic carbocycles. The van der Waals surface area contributed by atoms with Gasteiger partial charge in [0.05, 0.1) is 83.5 Å². The third kappa shape index (κ3) is 34.9. The molecule has 0 radical (unpaired) electrons. The van der Waals surface area contributed by atoms with Crippen LogP contribution in [0, 0.1) is 16.2 Å². The van der Waals surface area contributed by atoms with Crippen LogP contribution < -0.4 is 0 Å². The molecule has 0 atom stereocenters. The lowest BCUT2D eigenvalue weighted by Crippen LogP contribution is -2.43. The zero-order chi connectivity index (χ0) is 37.8. The molecule has 46 heavy (non-hydrogen) atoms. The molecule has 0 aliphatic carbocycles. The van der Waals surface area contributed by atoms with E-state index in [1.54, 1.807) is 0 Å². The predicted octanol–water partition coefficient (Wildman–Crippen LogP) is -2.68. The number of hydrogen-bond donors (Lipinski definition) is 13. The monoisotopic (exact) mass is 676 g/mol. The van der Waals surface area contributed by atoms with Gasteiger partial charge in [-0.05, 0) is 6.42 Å². The van der Waals surface area contributed by atoms with Crippen molar-refractivity contribution >= 4 is 23.9 Å². The molecule has 272 valence electrons. The van der Waals surface area contributed by atoms with Gasteiger partial charge in [-0.25, -0.2) is 19.2 Å². The number of carboxylic acid groups (broad SMARTS) is 4. The van der Waals surface area contributed by atoms with Gasteiger partial charge in [0.2, 0.25) is 0 Å². The average molecular weight is 677 g/mol. The van der Waals surface area contributed by atoms with Gasteiger partial charge >= 0.3 is 23.9 Å². The molecule has 0 bridgehead atoms. The van der Waals surface area contributed by atoms with E-state index < -0.39 is 79.8 Å². The summed E-state index contributed by atoms with van der Waals surface area (Å²) in [5.41, 5.74) is -2.99. The molecular formula is C28H52O18. The van der Waals surface area contributed by atoms with Gasteiger partial charge in [-0.15, -0.1) is 0 Å². The van der Waals surface area contributed by atoms with E-state index in [-0.39, 0.29) is 33.0 Å². The lowest BCUT2D eigenvalue weighted by Gasteiger charge is -2.31. The van der Waals surface area contributed by atoms with Gasteiger partial charge in [0.15, 0.2) is 0 Å². The Morgan fingerprint density at radius 2 is 0.609 bits per heavy atom. The second kappa shape index (κ2) is 35.9. The van der Waals surface area contributed by atoms with Crippen molar-refractivity contribution in [3.63, 3.8) is 0 Å². The molecule has 0 aliphatic rings. The van der Waals surface area contributed by atoms with Gasteiger partial charge in [0, 0.05) is 29.7 Å². The topological polar surface area (TPSA) is 340 Å². The first-order valence-electron chi connectivity index (χ1n) is 12.9. The molecule has 0 fully saturated rings. The Labute approximate surface area is 267 Å². The summed E-state index contributed by atoms with van der Waals surface area (Å²) < 4.78 is 5.15. The highest BCUT2D eigenvalue weighted by Gasteiger charge is 2.32. The fraction of sp³-hybridized carbons (Fsp3) is 0.571. The SMILES string of the molecule is C=CC(=O)O.C=CC(=O)O.C=CC(=O)O.C=CC(=O)O.CCC(CO)(CO)CO.OCC(CO)(CO)COCC(CO)(CO)CO. The van der Waals surface area contributed by atoms with E-state index in [4.69, 9.17) is 71.1 Å². The quantitative estimate of drug-likeness (QED) is 0.0657. The summed E-state index contributed by atoms with van der Waals surface area (Å²) in [5.74, 6) is -3.93. The maximum atomic E-state index is 9.25. The van der Waals surface area contributed by atoms with Gasteiger partial charge in [-0.2, -0.15) is 0 Å². The van der Waals surface area contributed by atoms with Gasteiger partial charge < -0.3 is 71.1 Å². The van der Waals surface area contributed by atoms with Crippen LogP contribution in [0.15, 0.2) is 50.6 Å². The molecule has 0 saturated heterocycles. The molecule has 18 heteroatoms. The Bertz CT molecular complexity index is 689. The highest BCUT2D eigenvalue weighted by atomic mass is 16.5. The van der Waals surface area contributed by atoms with Crippen LogP contribution >= 0.6 is 0 Å². The number of rotatable bonds is 18. The van der Waals surface area contributed by atoms with Crippen LogP contribution in [-0.2, 0) is 23.9 Å². The van der Waals surface area contributed by atoms with Crippen molar-refractivity contribution in [1.82, 2.24) is 0 Å². The fourth-order valence-corrected chi connectivity index (χ4v) is 1.54. The highest BCUT2D eigenvalue weighted by molar-refractivity contribution is 5.79. The number of hydrogen-bond acceptors (Lipinski definition) is 14. The minimum atomic E-state index is -1.16. The van der Waals surface area contributed by atoms with Crippen LogP contribution in [0.5, 0.6) is 0 Å². The van der Waals surface area contributed by atoms with Crippen LogP contribution in [0.1, 0.15) is 13.3 Å². The van der Waals surface area contributed by atoms with Crippen molar-refractivity contribution in [3.8, 4) is 0 Å². The number of ether oxygens (including phenoxy) is 1. The highest BCUT2D eigenvalue weighted by Crippen LogP contribution is 2.20. The number of aliphatic hydroxyl groups excluding tert-OH is 9. The van der Waals surface area contributed by atoms with Gasteiger partial charge in [0.1, 0.15) is 0 Å². The number of aliphatic carboxylic acids is 4. The molecule has 0 unspecified atom stereocenters. The smallest absolute Gasteiger partial charge is 0.327 e.